The van der Waals surface area contributed by atoms with Crippen molar-refractivity contribution in [3.63, 3.8) is 0 Å². The molecule has 1 unspecified atom stereocenters. The molecule has 0 bridgehead atoms. The minimum Gasteiger partial charge on any atom is -0.478 e. The molecule has 0 radical (unpaired) electrons. The first-order valence-corrected chi connectivity index (χ1v) is 8.56. The number of rotatable bonds is 7. The van der Waals surface area contributed by atoms with Gasteiger partial charge in [0.1, 0.15) is 11.3 Å². The fourth-order valence-corrected chi connectivity index (χ4v) is 3.32. The Labute approximate surface area is 129 Å². The van der Waals surface area contributed by atoms with Gasteiger partial charge in [0.05, 0.1) is 11.1 Å². The number of carbonyl (C=O) groups is 1. The van der Waals surface area contributed by atoms with Gasteiger partial charge >= 0.3 is 5.97 Å². The molecule has 0 spiro atoms. The fraction of sp³-hybridized carbons (Fsp3) is 0.500. The van der Waals surface area contributed by atoms with E-state index in [1.165, 1.54) is 0 Å². The number of fused-ring (bicyclic) bond motifs is 1. The average Bonchev–Trinajstić information content (AvgIpc) is 2.82. The van der Waals surface area contributed by atoms with Crippen molar-refractivity contribution in [1.82, 2.24) is 9.55 Å². The highest BCUT2D eigenvalue weighted by Crippen LogP contribution is 2.26. The number of hydrogen-bond donors (Lipinski definition) is 1. The highest BCUT2D eigenvalue weighted by molar-refractivity contribution is 7.99. The number of para-hydroxylation sites is 1. The van der Waals surface area contributed by atoms with Gasteiger partial charge in [-0.05, 0) is 31.2 Å². The Hall–Kier alpha value is -1.49. The molecule has 1 aromatic carbocycles. The van der Waals surface area contributed by atoms with Crippen LogP contribution in [-0.2, 0) is 6.42 Å². The van der Waals surface area contributed by atoms with E-state index in [-0.39, 0.29) is 0 Å². The van der Waals surface area contributed by atoms with Gasteiger partial charge in [-0.1, -0.05) is 19.9 Å². The monoisotopic (exact) mass is 306 g/mol. The van der Waals surface area contributed by atoms with Crippen molar-refractivity contribution in [2.24, 2.45) is 0 Å². The topological polar surface area (TPSA) is 55.1 Å². The number of imidazole rings is 1. The molecular weight excluding hydrogens is 284 g/mol. The SMILES string of the molecule is CCCc1nc2c(C(=O)O)cccc2n1C(C)CSCC. The summed E-state index contributed by atoms with van der Waals surface area (Å²) in [6, 6.07) is 5.72. The fourth-order valence-electron chi connectivity index (χ4n) is 2.59. The molecule has 2 aromatic rings. The third-order valence-corrected chi connectivity index (χ3v) is 4.63. The van der Waals surface area contributed by atoms with Crippen LogP contribution >= 0.6 is 11.8 Å². The molecule has 0 fully saturated rings. The number of carboxylic acids is 1. The van der Waals surface area contributed by atoms with Gasteiger partial charge in [-0.15, -0.1) is 0 Å². The molecule has 1 aromatic heterocycles. The van der Waals surface area contributed by atoms with Crippen LogP contribution in [0.2, 0.25) is 0 Å². The second kappa shape index (κ2) is 6.98. The van der Waals surface area contributed by atoms with E-state index in [1.54, 1.807) is 12.1 Å². The van der Waals surface area contributed by atoms with Crippen LogP contribution < -0.4 is 0 Å². The minimum absolute atomic E-state index is 0.291. The zero-order chi connectivity index (χ0) is 15.4. The summed E-state index contributed by atoms with van der Waals surface area (Å²) in [5, 5.41) is 9.34. The van der Waals surface area contributed by atoms with Crippen LogP contribution in [0.25, 0.3) is 11.0 Å². The van der Waals surface area contributed by atoms with E-state index < -0.39 is 5.97 Å². The molecule has 5 heteroatoms. The summed E-state index contributed by atoms with van der Waals surface area (Å²) in [5.74, 6) is 2.17. The van der Waals surface area contributed by atoms with Crippen molar-refractivity contribution in [3.05, 3.63) is 29.6 Å². The predicted octanol–water partition coefficient (Wildman–Crippen LogP) is 4.00. The third-order valence-electron chi connectivity index (χ3n) is 3.50. The highest BCUT2D eigenvalue weighted by atomic mass is 32.2. The molecule has 0 saturated heterocycles. The van der Waals surface area contributed by atoms with Crippen LogP contribution in [0.5, 0.6) is 0 Å². The van der Waals surface area contributed by atoms with E-state index in [1.807, 2.05) is 17.8 Å². The predicted molar refractivity (Wildman–Crippen MR) is 88.4 cm³/mol. The number of benzene rings is 1. The lowest BCUT2D eigenvalue weighted by Gasteiger charge is -2.17. The first kappa shape index (κ1) is 15.9. The molecule has 1 atom stereocenters. The minimum atomic E-state index is -0.913. The lowest BCUT2D eigenvalue weighted by molar-refractivity contribution is 0.0699. The van der Waals surface area contributed by atoms with Crippen molar-refractivity contribution < 1.29 is 9.90 Å². The summed E-state index contributed by atoms with van der Waals surface area (Å²) in [6.07, 6.45) is 1.87. The zero-order valence-electron chi connectivity index (χ0n) is 12.8. The molecule has 114 valence electrons. The molecule has 0 aliphatic carbocycles. The molecule has 21 heavy (non-hydrogen) atoms. The molecule has 0 saturated carbocycles. The van der Waals surface area contributed by atoms with Gasteiger partial charge in [0.25, 0.3) is 0 Å². The molecular formula is C16H22N2O2S. The number of nitrogens with zero attached hydrogens (tertiary/aromatic N) is 2. The van der Waals surface area contributed by atoms with Gasteiger partial charge in [-0.2, -0.15) is 11.8 Å². The maximum Gasteiger partial charge on any atom is 0.337 e. The van der Waals surface area contributed by atoms with E-state index in [0.717, 1.165) is 35.7 Å². The quantitative estimate of drug-likeness (QED) is 0.840. The Kier molecular flexibility index (Phi) is 5.28. The van der Waals surface area contributed by atoms with E-state index in [4.69, 9.17) is 0 Å². The Morgan fingerprint density at radius 2 is 2.19 bits per heavy atom. The summed E-state index contributed by atoms with van der Waals surface area (Å²) in [4.78, 5) is 16.0. The van der Waals surface area contributed by atoms with Crippen LogP contribution in [0.1, 0.15) is 49.4 Å². The second-order valence-corrected chi connectivity index (χ2v) is 6.45. The number of carboxylic acid groups (broad SMARTS) is 1. The summed E-state index contributed by atoms with van der Waals surface area (Å²) in [5.41, 5.74) is 1.84. The Bertz CT molecular complexity index is 636. The first-order chi connectivity index (χ1) is 10.1. The standard InChI is InChI=1S/C16H22N2O2S/c1-4-7-14-17-15-12(16(19)20)8-6-9-13(15)18(14)11(3)10-21-5-2/h6,8-9,11H,4-5,7,10H2,1-3H3,(H,19,20). The maximum absolute atomic E-state index is 11.4. The summed E-state index contributed by atoms with van der Waals surface area (Å²) in [6.45, 7) is 6.45. The Balaban J connectivity index is 2.57. The molecule has 0 aliphatic rings. The summed E-state index contributed by atoms with van der Waals surface area (Å²) in [7, 11) is 0. The van der Waals surface area contributed by atoms with Crippen LogP contribution in [-0.4, -0.2) is 32.1 Å². The summed E-state index contributed by atoms with van der Waals surface area (Å²) >= 11 is 1.90. The number of aromatic nitrogens is 2. The van der Waals surface area contributed by atoms with Crippen LogP contribution in [0.4, 0.5) is 0 Å². The van der Waals surface area contributed by atoms with Gasteiger partial charge in [-0.25, -0.2) is 9.78 Å². The highest BCUT2D eigenvalue weighted by Gasteiger charge is 2.19. The second-order valence-electron chi connectivity index (χ2n) is 5.13. The van der Waals surface area contributed by atoms with E-state index >= 15 is 0 Å². The molecule has 4 nitrogen and oxygen atoms in total. The van der Waals surface area contributed by atoms with Crippen LogP contribution in [0, 0.1) is 0 Å². The molecule has 2 rings (SSSR count). The van der Waals surface area contributed by atoms with Gasteiger partial charge in [0.15, 0.2) is 0 Å². The van der Waals surface area contributed by atoms with Crippen molar-refractivity contribution in [3.8, 4) is 0 Å². The van der Waals surface area contributed by atoms with Crippen molar-refractivity contribution in [2.45, 2.75) is 39.7 Å². The number of aryl methyl sites for hydroxylation is 1. The number of aromatic carboxylic acids is 1. The normalized spacial score (nSPS) is 12.7. The van der Waals surface area contributed by atoms with Gasteiger partial charge in [0.2, 0.25) is 0 Å². The van der Waals surface area contributed by atoms with Gasteiger partial charge in [0, 0.05) is 18.2 Å². The largest absolute Gasteiger partial charge is 0.478 e. The smallest absolute Gasteiger partial charge is 0.337 e. The Morgan fingerprint density at radius 1 is 1.43 bits per heavy atom. The maximum atomic E-state index is 11.4. The molecule has 0 aliphatic heterocycles. The zero-order valence-corrected chi connectivity index (χ0v) is 13.6. The van der Waals surface area contributed by atoms with Gasteiger partial charge in [-0.3, -0.25) is 0 Å². The number of hydrogen-bond acceptors (Lipinski definition) is 3. The molecule has 1 N–H and O–H groups in total. The van der Waals surface area contributed by atoms with E-state index in [2.05, 4.69) is 30.3 Å². The van der Waals surface area contributed by atoms with Crippen LogP contribution in [0.3, 0.4) is 0 Å². The van der Waals surface area contributed by atoms with Crippen molar-refractivity contribution >= 4 is 28.8 Å². The summed E-state index contributed by atoms with van der Waals surface area (Å²) < 4.78 is 2.22. The van der Waals surface area contributed by atoms with Crippen molar-refractivity contribution in [2.75, 3.05) is 11.5 Å². The van der Waals surface area contributed by atoms with E-state index in [0.29, 0.717) is 17.1 Å². The lowest BCUT2D eigenvalue weighted by Crippen LogP contribution is -2.11. The number of thioether (sulfide) groups is 1. The third kappa shape index (κ3) is 3.23. The van der Waals surface area contributed by atoms with Crippen molar-refractivity contribution in [1.29, 1.82) is 0 Å². The van der Waals surface area contributed by atoms with Crippen LogP contribution in [0.15, 0.2) is 18.2 Å². The molecule has 0 amide bonds. The van der Waals surface area contributed by atoms with E-state index in [9.17, 15) is 9.90 Å². The molecule has 1 heterocycles. The van der Waals surface area contributed by atoms with Gasteiger partial charge < -0.3 is 9.67 Å². The average molecular weight is 306 g/mol. The first-order valence-electron chi connectivity index (χ1n) is 7.41. The Morgan fingerprint density at radius 3 is 2.81 bits per heavy atom. The lowest BCUT2D eigenvalue weighted by atomic mass is 10.2.